The summed E-state index contributed by atoms with van der Waals surface area (Å²) in [4.78, 5) is 3.97. The predicted molar refractivity (Wildman–Crippen MR) is 64.4 cm³/mol. The molecule has 0 fully saturated rings. The van der Waals surface area contributed by atoms with E-state index < -0.39 is 0 Å². The van der Waals surface area contributed by atoms with Crippen molar-refractivity contribution in [3.63, 3.8) is 0 Å². The van der Waals surface area contributed by atoms with Crippen LogP contribution >= 0.6 is 11.6 Å². The Hall–Kier alpha value is -1.74. The van der Waals surface area contributed by atoms with Gasteiger partial charge < -0.3 is 10.5 Å². The summed E-state index contributed by atoms with van der Waals surface area (Å²) < 4.78 is 5.55. The highest BCUT2D eigenvalue weighted by Gasteiger charge is 1.97. The number of nitrogens with two attached hydrogens (primary N) is 1. The molecule has 0 spiro atoms. The number of benzene rings is 1. The lowest BCUT2D eigenvalue weighted by atomic mass is 10.3. The number of anilines is 1. The Kier molecular flexibility index (Phi) is 3.27. The molecule has 0 atom stereocenters. The van der Waals surface area contributed by atoms with Gasteiger partial charge in [-0.1, -0.05) is 23.7 Å². The molecule has 1 heterocycles. The molecule has 4 heteroatoms. The molecule has 1 aromatic carbocycles. The summed E-state index contributed by atoms with van der Waals surface area (Å²) in [5.41, 5.74) is 7.29. The van der Waals surface area contributed by atoms with Gasteiger partial charge in [-0.2, -0.15) is 0 Å². The third kappa shape index (κ3) is 2.87. The first-order chi connectivity index (χ1) is 7.74. The van der Waals surface area contributed by atoms with E-state index >= 15 is 0 Å². The minimum absolute atomic E-state index is 0.452. The molecule has 16 heavy (non-hydrogen) atoms. The van der Waals surface area contributed by atoms with Crippen molar-refractivity contribution in [3.05, 3.63) is 53.3 Å². The molecule has 0 aliphatic heterocycles. The van der Waals surface area contributed by atoms with Crippen LogP contribution in [0.3, 0.4) is 0 Å². The van der Waals surface area contributed by atoms with E-state index in [0.717, 1.165) is 11.3 Å². The Morgan fingerprint density at radius 1 is 1.25 bits per heavy atom. The number of nitrogens with zero attached hydrogens (tertiary/aromatic N) is 1. The van der Waals surface area contributed by atoms with Crippen molar-refractivity contribution in [2.24, 2.45) is 0 Å². The van der Waals surface area contributed by atoms with Crippen LogP contribution in [0, 0.1) is 0 Å². The fourth-order valence-electron chi connectivity index (χ4n) is 1.26. The highest BCUT2D eigenvalue weighted by atomic mass is 35.5. The van der Waals surface area contributed by atoms with E-state index in [0.29, 0.717) is 17.4 Å². The van der Waals surface area contributed by atoms with Crippen LogP contribution in [0.2, 0.25) is 5.15 Å². The summed E-state index contributed by atoms with van der Waals surface area (Å²) in [5, 5.41) is 0.479. The fraction of sp³-hybridized carbons (Fsp3) is 0.0833. The minimum atomic E-state index is 0.452. The van der Waals surface area contributed by atoms with Crippen LogP contribution in [0.15, 0.2) is 42.6 Å². The van der Waals surface area contributed by atoms with Crippen molar-refractivity contribution in [1.82, 2.24) is 4.98 Å². The van der Waals surface area contributed by atoms with Gasteiger partial charge in [-0.05, 0) is 18.2 Å². The minimum Gasteiger partial charge on any atom is -0.489 e. The second kappa shape index (κ2) is 4.86. The molecule has 2 N–H and O–H groups in total. The topological polar surface area (TPSA) is 48.1 Å². The monoisotopic (exact) mass is 234 g/mol. The smallest absolute Gasteiger partial charge is 0.129 e. The standard InChI is InChI=1S/C12H11ClN2O/c13-12-5-4-9(7-15-12)8-16-11-3-1-2-10(14)6-11/h1-7H,8,14H2. The lowest BCUT2D eigenvalue weighted by Crippen LogP contribution is -1.96. The summed E-state index contributed by atoms with van der Waals surface area (Å²) >= 11 is 5.68. The molecule has 0 bridgehead atoms. The van der Waals surface area contributed by atoms with Crippen molar-refractivity contribution in [3.8, 4) is 5.75 Å². The molecular formula is C12H11ClN2O. The Morgan fingerprint density at radius 2 is 2.12 bits per heavy atom. The van der Waals surface area contributed by atoms with Crippen LogP contribution in [0.1, 0.15) is 5.56 Å². The maximum Gasteiger partial charge on any atom is 0.129 e. The van der Waals surface area contributed by atoms with Gasteiger partial charge >= 0.3 is 0 Å². The zero-order chi connectivity index (χ0) is 11.4. The third-order valence-electron chi connectivity index (χ3n) is 2.05. The Balaban J connectivity index is 1.99. The number of rotatable bonds is 3. The highest BCUT2D eigenvalue weighted by Crippen LogP contribution is 2.16. The van der Waals surface area contributed by atoms with E-state index in [2.05, 4.69) is 4.98 Å². The summed E-state index contributed by atoms with van der Waals surface area (Å²) in [6.45, 7) is 0.452. The van der Waals surface area contributed by atoms with Crippen molar-refractivity contribution >= 4 is 17.3 Å². The van der Waals surface area contributed by atoms with E-state index in [1.54, 1.807) is 18.3 Å². The maximum atomic E-state index is 5.68. The number of hydrogen-bond acceptors (Lipinski definition) is 3. The summed E-state index contributed by atoms with van der Waals surface area (Å²) in [6, 6.07) is 10.9. The molecule has 2 aromatic rings. The molecule has 0 radical (unpaired) electrons. The second-order valence-corrected chi connectivity index (χ2v) is 3.74. The van der Waals surface area contributed by atoms with E-state index in [-0.39, 0.29) is 0 Å². The quantitative estimate of drug-likeness (QED) is 0.656. The number of hydrogen-bond donors (Lipinski definition) is 1. The van der Waals surface area contributed by atoms with Gasteiger partial charge in [0.2, 0.25) is 0 Å². The van der Waals surface area contributed by atoms with Gasteiger partial charge in [0, 0.05) is 23.5 Å². The van der Waals surface area contributed by atoms with Crippen LogP contribution in [0.25, 0.3) is 0 Å². The molecular weight excluding hydrogens is 224 g/mol. The van der Waals surface area contributed by atoms with Crippen molar-refractivity contribution in [2.45, 2.75) is 6.61 Å². The van der Waals surface area contributed by atoms with Gasteiger partial charge in [-0.25, -0.2) is 4.98 Å². The van der Waals surface area contributed by atoms with Crippen LogP contribution < -0.4 is 10.5 Å². The average Bonchev–Trinajstić information content (AvgIpc) is 2.28. The Morgan fingerprint density at radius 3 is 2.81 bits per heavy atom. The van der Waals surface area contributed by atoms with Crippen LogP contribution in [-0.2, 0) is 6.61 Å². The van der Waals surface area contributed by atoms with E-state index in [9.17, 15) is 0 Å². The van der Waals surface area contributed by atoms with Crippen molar-refractivity contribution < 1.29 is 4.74 Å². The zero-order valence-corrected chi connectivity index (χ0v) is 9.32. The van der Waals surface area contributed by atoms with Gasteiger partial charge in [-0.3, -0.25) is 0 Å². The molecule has 3 nitrogen and oxygen atoms in total. The molecule has 82 valence electrons. The summed E-state index contributed by atoms with van der Waals surface area (Å²) in [5.74, 6) is 0.745. The van der Waals surface area contributed by atoms with E-state index in [1.807, 2.05) is 24.3 Å². The van der Waals surface area contributed by atoms with Gasteiger partial charge in [0.15, 0.2) is 0 Å². The lowest BCUT2D eigenvalue weighted by Gasteiger charge is -2.06. The van der Waals surface area contributed by atoms with Gasteiger partial charge in [0.25, 0.3) is 0 Å². The first kappa shape index (κ1) is 10.8. The third-order valence-corrected chi connectivity index (χ3v) is 2.28. The second-order valence-electron chi connectivity index (χ2n) is 3.35. The maximum absolute atomic E-state index is 5.68. The predicted octanol–water partition coefficient (Wildman–Crippen LogP) is 2.90. The first-order valence-electron chi connectivity index (χ1n) is 4.83. The van der Waals surface area contributed by atoms with Gasteiger partial charge in [-0.15, -0.1) is 0 Å². The van der Waals surface area contributed by atoms with Gasteiger partial charge in [0.1, 0.15) is 17.5 Å². The number of ether oxygens (including phenoxy) is 1. The molecule has 1 aromatic heterocycles. The van der Waals surface area contributed by atoms with Crippen LogP contribution in [0.5, 0.6) is 5.75 Å². The molecule has 0 unspecified atom stereocenters. The molecule has 0 amide bonds. The summed E-state index contributed by atoms with van der Waals surface area (Å²) in [6.07, 6.45) is 1.69. The highest BCUT2D eigenvalue weighted by molar-refractivity contribution is 6.29. The SMILES string of the molecule is Nc1cccc(OCc2ccc(Cl)nc2)c1. The number of aromatic nitrogens is 1. The molecule has 0 saturated carbocycles. The number of pyridine rings is 1. The summed E-state index contributed by atoms with van der Waals surface area (Å²) in [7, 11) is 0. The normalized spacial score (nSPS) is 10.1. The first-order valence-corrected chi connectivity index (χ1v) is 5.20. The molecule has 0 aliphatic carbocycles. The van der Waals surface area contributed by atoms with Crippen molar-refractivity contribution in [1.29, 1.82) is 0 Å². The van der Waals surface area contributed by atoms with Crippen LogP contribution in [0.4, 0.5) is 5.69 Å². The number of nitrogen functional groups attached to an aromatic ring is 1. The fourth-order valence-corrected chi connectivity index (χ4v) is 1.37. The average molecular weight is 235 g/mol. The van der Waals surface area contributed by atoms with Crippen LogP contribution in [-0.4, -0.2) is 4.98 Å². The van der Waals surface area contributed by atoms with Gasteiger partial charge in [0.05, 0.1) is 0 Å². The Bertz CT molecular complexity index is 471. The molecule has 0 aliphatic rings. The molecule has 2 rings (SSSR count). The van der Waals surface area contributed by atoms with E-state index in [1.165, 1.54) is 0 Å². The lowest BCUT2D eigenvalue weighted by molar-refractivity contribution is 0.306. The van der Waals surface area contributed by atoms with Crippen molar-refractivity contribution in [2.75, 3.05) is 5.73 Å². The molecule has 0 saturated heterocycles. The largest absolute Gasteiger partial charge is 0.489 e. The number of halogens is 1. The van der Waals surface area contributed by atoms with E-state index in [4.69, 9.17) is 22.1 Å². The zero-order valence-electron chi connectivity index (χ0n) is 8.56. The Labute approximate surface area is 98.8 Å².